The molecule has 0 heterocycles. The van der Waals surface area contributed by atoms with Crippen molar-refractivity contribution in [3.8, 4) is 5.75 Å². The predicted molar refractivity (Wildman–Crippen MR) is 109 cm³/mol. The second kappa shape index (κ2) is 7.48. The first-order valence-electron chi connectivity index (χ1n) is 8.89. The molecule has 2 aromatic carbocycles. The number of rotatable bonds is 5. The summed E-state index contributed by atoms with van der Waals surface area (Å²) in [6, 6.07) is 8.42. The Morgan fingerprint density at radius 1 is 1.12 bits per heavy atom. The molecule has 0 aliphatic rings. The maximum atomic E-state index is 13.5. The van der Waals surface area contributed by atoms with Crippen LogP contribution >= 0.6 is 8.58 Å². The molecule has 1 N–H and O–H groups in total. The molecule has 0 spiro atoms. The number of carbonyl (C=O) groups is 1. The van der Waals surface area contributed by atoms with Crippen LogP contribution in [0.5, 0.6) is 5.75 Å². The van der Waals surface area contributed by atoms with Crippen LogP contribution in [-0.4, -0.2) is 11.4 Å². The van der Waals surface area contributed by atoms with Crippen LogP contribution in [0.4, 0.5) is 4.39 Å². The van der Waals surface area contributed by atoms with Gasteiger partial charge >= 0.3 is 0 Å². The summed E-state index contributed by atoms with van der Waals surface area (Å²) in [6.07, 6.45) is 1.50. The second-order valence-electron chi connectivity index (χ2n) is 8.12. The molecule has 0 fully saturated rings. The minimum absolute atomic E-state index is 0.174. The summed E-state index contributed by atoms with van der Waals surface area (Å²) in [7, 11) is 0.243. The average molecular weight is 374 g/mol. The normalized spacial score (nSPS) is 14.6. The smallest absolute Gasteiger partial charge is 0.150 e. The lowest BCUT2D eigenvalue weighted by molar-refractivity contribution is 0.112. The lowest BCUT2D eigenvalue weighted by atomic mass is 9.82. The molecular formula is C22H28FO2P. The molecule has 2 rings (SSSR count). The Balaban J connectivity index is 2.60. The van der Waals surface area contributed by atoms with Crippen molar-refractivity contribution >= 4 is 20.2 Å². The largest absolute Gasteiger partial charge is 0.507 e. The molecule has 2 nitrogen and oxygen atoms in total. The van der Waals surface area contributed by atoms with Gasteiger partial charge in [0.25, 0.3) is 0 Å². The summed E-state index contributed by atoms with van der Waals surface area (Å²) in [4.78, 5) is 11.4. The van der Waals surface area contributed by atoms with Gasteiger partial charge in [-0.3, -0.25) is 4.79 Å². The Morgan fingerprint density at radius 2 is 1.73 bits per heavy atom. The van der Waals surface area contributed by atoms with Crippen LogP contribution in [0.2, 0.25) is 0 Å². The van der Waals surface area contributed by atoms with Crippen LogP contribution < -0.4 is 5.30 Å². The van der Waals surface area contributed by atoms with E-state index in [2.05, 4.69) is 34.6 Å². The van der Waals surface area contributed by atoms with Crippen molar-refractivity contribution in [2.75, 3.05) is 0 Å². The second-order valence-corrected chi connectivity index (χ2v) is 10.0. The first-order valence-corrected chi connectivity index (χ1v) is 9.89. The summed E-state index contributed by atoms with van der Waals surface area (Å²) in [5.74, 6) is -0.0815. The van der Waals surface area contributed by atoms with E-state index in [1.54, 1.807) is 6.07 Å². The van der Waals surface area contributed by atoms with Gasteiger partial charge in [-0.25, -0.2) is 4.39 Å². The highest BCUT2D eigenvalue weighted by molar-refractivity contribution is 7.48. The van der Waals surface area contributed by atoms with Crippen molar-refractivity contribution in [2.24, 2.45) is 0 Å². The Labute approximate surface area is 157 Å². The van der Waals surface area contributed by atoms with E-state index in [4.69, 9.17) is 0 Å². The summed E-state index contributed by atoms with van der Waals surface area (Å²) in [6.45, 7) is 12.5. The third kappa shape index (κ3) is 4.15. The van der Waals surface area contributed by atoms with Gasteiger partial charge in [0.15, 0.2) is 6.29 Å². The summed E-state index contributed by atoms with van der Waals surface area (Å²) in [5, 5.41) is 11.5. The van der Waals surface area contributed by atoms with Gasteiger partial charge in [0, 0.05) is 16.3 Å². The van der Waals surface area contributed by atoms with Crippen molar-refractivity contribution in [1.29, 1.82) is 0 Å². The lowest BCUT2D eigenvalue weighted by Crippen LogP contribution is -2.22. The molecule has 0 aromatic heterocycles. The zero-order valence-corrected chi connectivity index (χ0v) is 17.4. The van der Waals surface area contributed by atoms with Gasteiger partial charge in [0.1, 0.15) is 11.6 Å². The number of aromatic hydroxyl groups is 1. The molecule has 0 amide bonds. The summed E-state index contributed by atoms with van der Waals surface area (Å²) < 4.78 is 13.5. The monoisotopic (exact) mass is 374 g/mol. The summed E-state index contributed by atoms with van der Waals surface area (Å²) in [5.41, 5.74) is 3.12. The molecule has 140 valence electrons. The molecule has 0 aliphatic carbocycles. The molecular weight excluding hydrogens is 346 g/mol. The van der Waals surface area contributed by atoms with E-state index in [1.807, 2.05) is 19.1 Å². The highest BCUT2D eigenvalue weighted by Gasteiger charge is 2.32. The number of hydrogen-bond donors (Lipinski definition) is 1. The maximum absolute atomic E-state index is 13.5. The SMILES string of the molecule is CCC(C)(Pc1ccc(F)cc1C=O)c1cc(C)cc(C(C)(C)C)c1O. The van der Waals surface area contributed by atoms with Gasteiger partial charge < -0.3 is 5.11 Å². The van der Waals surface area contributed by atoms with Crippen LogP contribution in [0.3, 0.4) is 0 Å². The van der Waals surface area contributed by atoms with Crippen molar-refractivity contribution in [3.05, 3.63) is 58.4 Å². The van der Waals surface area contributed by atoms with Gasteiger partial charge in [0.05, 0.1) is 0 Å². The standard InChI is InChI=1S/C22H28FO2P/c1-7-22(6,26-19-9-8-16(23)12-15(19)13-24)18-11-14(2)10-17(20(18)25)21(3,4)5/h8-13,25-26H,7H2,1-6H3. The third-order valence-corrected chi connectivity index (χ3v) is 6.81. The van der Waals surface area contributed by atoms with Crippen LogP contribution in [-0.2, 0) is 10.6 Å². The highest BCUT2D eigenvalue weighted by Crippen LogP contribution is 2.49. The fourth-order valence-electron chi connectivity index (χ4n) is 3.16. The number of phenolic OH excluding ortho intramolecular Hbond substituents is 1. The molecule has 2 aromatic rings. The Morgan fingerprint density at radius 3 is 2.27 bits per heavy atom. The molecule has 26 heavy (non-hydrogen) atoms. The number of hydrogen-bond acceptors (Lipinski definition) is 2. The molecule has 0 bridgehead atoms. The molecule has 2 atom stereocenters. The van der Waals surface area contributed by atoms with E-state index in [9.17, 15) is 14.3 Å². The fraction of sp³-hybridized carbons (Fsp3) is 0.409. The predicted octanol–water partition coefficient (Wildman–Crippen LogP) is 5.58. The quantitative estimate of drug-likeness (QED) is 0.548. The van der Waals surface area contributed by atoms with E-state index in [1.165, 1.54) is 12.1 Å². The highest BCUT2D eigenvalue weighted by atomic mass is 31.1. The van der Waals surface area contributed by atoms with E-state index < -0.39 is 5.82 Å². The van der Waals surface area contributed by atoms with Crippen molar-refractivity contribution in [2.45, 2.75) is 58.5 Å². The topological polar surface area (TPSA) is 37.3 Å². The molecule has 0 saturated carbocycles. The van der Waals surface area contributed by atoms with E-state index in [0.717, 1.165) is 28.4 Å². The van der Waals surface area contributed by atoms with Crippen LogP contribution in [0.15, 0.2) is 30.3 Å². The van der Waals surface area contributed by atoms with Gasteiger partial charge in [-0.15, -0.1) is 0 Å². The molecule has 0 aliphatic heterocycles. The van der Waals surface area contributed by atoms with Crippen LogP contribution in [0.1, 0.15) is 68.1 Å². The third-order valence-electron chi connectivity index (χ3n) is 4.91. The molecule has 0 radical (unpaired) electrons. The zero-order valence-electron chi connectivity index (χ0n) is 16.4. The Kier molecular flexibility index (Phi) is 5.92. The summed E-state index contributed by atoms with van der Waals surface area (Å²) >= 11 is 0. The minimum atomic E-state index is -0.410. The van der Waals surface area contributed by atoms with E-state index >= 15 is 0 Å². The first kappa shape index (κ1) is 20.6. The van der Waals surface area contributed by atoms with E-state index in [0.29, 0.717) is 17.6 Å². The average Bonchev–Trinajstić information content (AvgIpc) is 2.57. The number of aryl methyl sites for hydroxylation is 1. The van der Waals surface area contributed by atoms with Gasteiger partial charge in [-0.2, -0.15) is 0 Å². The number of carbonyl (C=O) groups excluding carboxylic acids is 1. The van der Waals surface area contributed by atoms with Crippen LogP contribution in [0, 0.1) is 12.7 Å². The number of aldehydes is 1. The number of halogens is 1. The first-order chi connectivity index (χ1) is 12.0. The Bertz CT molecular complexity index is 824. The molecule has 4 heteroatoms. The van der Waals surface area contributed by atoms with E-state index in [-0.39, 0.29) is 19.2 Å². The van der Waals surface area contributed by atoms with Crippen molar-refractivity contribution in [3.63, 3.8) is 0 Å². The molecule has 2 unspecified atom stereocenters. The maximum Gasteiger partial charge on any atom is 0.150 e. The van der Waals surface area contributed by atoms with Gasteiger partial charge in [-0.05, 0) is 41.8 Å². The zero-order chi connectivity index (χ0) is 19.7. The molecule has 0 saturated heterocycles. The van der Waals surface area contributed by atoms with Crippen LogP contribution in [0.25, 0.3) is 0 Å². The fourth-order valence-corrected chi connectivity index (χ4v) is 4.70. The lowest BCUT2D eigenvalue weighted by Gasteiger charge is -2.33. The van der Waals surface area contributed by atoms with Gasteiger partial charge in [-0.1, -0.05) is 67.0 Å². The van der Waals surface area contributed by atoms with Crippen molar-refractivity contribution < 1.29 is 14.3 Å². The number of phenols is 1. The van der Waals surface area contributed by atoms with Crippen molar-refractivity contribution in [1.82, 2.24) is 0 Å². The Hall–Kier alpha value is -1.73. The number of benzene rings is 2. The van der Waals surface area contributed by atoms with Gasteiger partial charge in [0.2, 0.25) is 0 Å². The minimum Gasteiger partial charge on any atom is -0.507 e.